The second-order valence-electron chi connectivity index (χ2n) is 5.70. The van der Waals surface area contributed by atoms with Crippen LogP contribution in [0.5, 0.6) is 5.75 Å². The molecule has 0 aromatic heterocycles. The van der Waals surface area contributed by atoms with Crippen molar-refractivity contribution in [1.82, 2.24) is 10.6 Å². The van der Waals surface area contributed by atoms with Gasteiger partial charge in [0, 0.05) is 18.7 Å². The Morgan fingerprint density at radius 2 is 1.60 bits per heavy atom. The summed E-state index contributed by atoms with van der Waals surface area (Å²) in [5.41, 5.74) is 2.12. The summed E-state index contributed by atoms with van der Waals surface area (Å²) >= 11 is 0. The first-order chi connectivity index (χ1) is 12.2. The van der Waals surface area contributed by atoms with Crippen LogP contribution in [0, 0.1) is 0 Å². The standard InChI is InChI=1S/C20H24N2O3/c1-25-18-12-6-5-11-17(18)15-22-20(24)14-19(23)21-13-7-10-16-8-3-2-4-9-16/h2-6,8-9,11-12H,7,10,13-15H2,1H3,(H,21,23)(H,22,24). The van der Waals surface area contributed by atoms with Crippen molar-refractivity contribution in [3.05, 3.63) is 65.7 Å². The van der Waals surface area contributed by atoms with Gasteiger partial charge in [-0.05, 0) is 24.5 Å². The van der Waals surface area contributed by atoms with E-state index in [1.165, 1.54) is 5.56 Å². The Labute approximate surface area is 148 Å². The second-order valence-corrected chi connectivity index (χ2v) is 5.70. The van der Waals surface area contributed by atoms with Gasteiger partial charge in [0.05, 0.1) is 7.11 Å². The summed E-state index contributed by atoms with van der Waals surface area (Å²) in [6, 6.07) is 17.6. The molecule has 0 heterocycles. The molecule has 0 saturated heterocycles. The summed E-state index contributed by atoms with van der Waals surface area (Å²) in [6.07, 6.45) is 1.58. The molecule has 0 bridgehead atoms. The number of amides is 2. The topological polar surface area (TPSA) is 67.4 Å². The molecule has 132 valence electrons. The fourth-order valence-corrected chi connectivity index (χ4v) is 2.48. The molecule has 2 aromatic carbocycles. The van der Waals surface area contributed by atoms with Gasteiger partial charge < -0.3 is 15.4 Å². The summed E-state index contributed by atoms with van der Waals surface area (Å²) in [5.74, 6) is 0.158. The zero-order valence-corrected chi connectivity index (χ0v) is 14.5. The normalized spacial score (nSPS) is 10.1. The number of hydrogen-bond acceptors (Lipinski definition) is 3. The van der Waals surface area contributed by atoms with Crippen LogP contribution in [0.1, 0.15) is 24.0 Å². The monoisotopic (exact) mass is 340 g/mol. The summed E-state index contributed by atoms with van der Waals surface area (Å²) in [6.45, 7) is 0.900. The summed E-state index contributed by atoms with van der Waals surface area (Å²) < 4.78 is 5.23. The fraction of sp³-hybridized carbons (Fsp3) is 0.300. The van der Waals surface area contributed by atoms with Crippen LogP contribution in [0.25, 0.3) is 0 Å². The largest absolute Gasteiger partial charge is 0.496 e. The van der Waals surface area contributed by atoms with Crippen molar-refractivity contribution in [2.24, 2.45) is 0 Å². The predicted octanol–water partition coefficient (Wildman–Crippen LogP) is 2.45. The van der Waals surface area contributed by atoms with E-state index in [1.54, 1.807) is 7.11 Å². The lowest BCUT2D eigenvalue weighted by Crippen LogP contribution is -2.32. The number of ether oxygens (including phenoxy) is 1. The molecule has 0 aliphatic rings. The highest BCUT2D eigenvalue weighted by Crippen LogP contribution is 2.16. The first-order valence-electron chi connectivity index (χ1n) is 8.38. The Hall–Kier alpha value is -2.82. The molecule has 0 unspecified atom stereocenters. The molecule has 0 spiro atoms. The van der Waals surface area contributed by atoms with E-state index in [2.05, 4.69) is 22.8 Å². The van der Waals surface area contributed by atoms with Crippen LogP contribution in [0.2, 0.25) is 0 Å². The molecule has 2 amide bonds. The van der Waals surface area contributed by atoms with Gasteiger partial charge in [-0.1, -0.05) is 48.5 Å². The van der Waals surface area contributed by atoms with Crippen LogP contribution in [0.3, 0.4) is 0 Å². The van der Waals surface area contributed by atoms with E-state index in [-0.39, 0.29) is 18.2 Å². The maximum atomic E-state index is 11.9. The number of carbonyl (C=O) groups excluding carboxylic acids is 2. The van der Waals surface area contributed by atoms with Crippen LogP contribution in [0.4, 0.5) is 0 Å². The molecule has 0 fully saturated rings. The number of rotatable bonds is 9. The van der Waals surface area contributed by atoms with E-state index >= 15 is 0 Å². The minimum absolute atomic E-state index is 0.166. The van der Waals surface area contributed by atoms with Gasteiger partial charge in [-0.3, -0.25) is 9.59 Å². The Balaban J connectivity index is 1.63. The zero-order chi connectivity index (χ0) is 17.9. The third-order valence-electron chi connectivity index (χ3n) is 3.80. The third-order valence-corrected chi connectivity index (χ3v) is 3.80. The number of benzene rings is 2. The minimum atomic E-state index is -0.300. The number of carbonyl (C=O) groups is 2. The van der Waals surface area contributed by atoms with Crippen LogP contribution in [0.15, 0.2) is 54.6 Å². The summed E-state index contributed by atoms with van der Waals surface area (Å²) in [5, 5.41) is 5.52. The highest BCUT2D eigenvalue weighted by molar-refractivity contribution is 5.96. The molecule has 0 saturated carbocycles. The smallest absolute Gasteiger partial charge is 0.229 e. The minimum Gasteiger partial charge on any atom is -0.496 e. The lowest BCUT2D eigenvalue weighted by Gasteiger charge is -2.10. The van der Waals surface area contributed by atoms with Crippen molar-refractivity contribution >= 4 is 11.8 Å². The van der Waals surface area contributed by atoms with Crippen molar-refractivity contribution in [2.75, 3.05) is 13.7 Å². The van der Waals surface area contributed by atoms with E-state index < -0.39 is 0 Å². The molecule has 25 heavy (non-hydrogen) atoms. The molecule has 2 N–H and O–H groups in total. The lowest BCUT2D eigenvalue weighted by molar-refractivity contribution is -0.129. The Morgan fingerprint density at radius 3 is 2.36 bits per heavy atom. The Morgan fingerprint density at radius 1 is 0.920 bits per heavy atom. The van der Waals surface area contributed by atoms with E-state index in [9.17, 15) is 9.59 Å². The highest BCUT2D eigenvalue weighted by atomic mass is 16.5. The summed E-state index contributed by atoms with van der Waals surface area (Å²) in [4.78, 5) is 23.7. The van der Waals surface area contributed by atoms with Crippen LogP contribution in [-0.4, -0.2) is 25.5 Å². The third kappa shape index (κ3) is 6.67. The van der Waals surface area contributed by atoms with Gasteiger partial charge in [-0.25, -0.2) is 0 Å². The van der Waals surface area contributed by atoms with Crippen LogP contribution < -0.4 is 15.4 Å². The molecule has 5 heteroatoms. The number of nitrogens with one attached hydrogen (secondary N) is 2. The zero-order valence-electron chi connectivity index (χ0n) is 14.5. The molecular formula is C20H24N2O3. The molecule has 5 nitrogen and oxygen atoms in total. The number of aryl methyl sites for hydroxylation is 1. The lowest BCUT2D eigenvalue weighted by atomic mass is 10.1. The maximum absolute atomic E-state index is 11.9. The SMILES string of the molecule is COc1ccccc1CNC(=O)CC(=O)NCCCc1ccccc1. The van der Waals surface area contributed by atoms with Crippen molar-refractivity contribution in [3.63, 3.8) is 0 Å². The first kappa shape index (κ1) is 18.5. The first-order valence-corrected chi connectivity index (χ1v) is 8.38. The Kier molecular flexibility index (Phi) is 7.50. The Bertz CT molecular complexity index is 686. The van der Waals surface area contributed by atoms with Gasteiger partial charge >= 0.3 is 0 Å². The quantitative estimate of drug-likeness (QED) is 0.544. The average Bonchev–Trinajstić information content (AvgIpc) is 2.64. The molecular weight excluding hydrogens is 316 g/mol. The molecule has 0 radical (unpaired) electrons. The average molecular weight is 340 g/mol. The maximum Gasteiger partial charge on any atom is 0.229 e. The van der Waals surface area contributed by atoms with Gasteiger partial charge in [0.1, 0.15) is 12.2 Å². The number of methoxy groups -OCH3 is 1. The van der Waals surface area contributed by atoms with Gasteiger partial charge in [0.15, 0.2) is 0 Å². The van der Waals surface area contributed by atoms with Gasteiger partial charge in [0.2, 0.25) is 11.8 Å². The van der Waals surface area contributed by atoms with Gasteiger partial charge in [-0.15, -0.1) is 0 Å². The van der Waals surface area contributed by atoms with E-state index in [1.807, 2.05) is 42.5 Å². The molecule has 2 aromatic rings. The van der Waals surface area contributed by atoms with Crippen molar-refractivity contribution in [2.45, 2.75) is 25.8 Å². The van der Waals surface area contributed by atoms with E-state index in [0.717, 1.165) is 18.4 Å². The van der Waals surface area contributed by atoms with E-state index in [0.29, 0.717) is 18.8 Å². The molecule has 0 aliphatic carbocycles. The van der Waals surface area contributed by atoms with Crippen LogP contribution in [-0.2, 0) is 22.6 Å². The van der Waals surface area contributed by atoms with Gasteiger partial charge in [0.25, 0.3) is 0 Å². The van der Waals surface area contributed by atoms with E-state index in [4.69, 9.17) is 4.74 Å². The van der Waals surface area contributed by atoms with Crippen molar-refractivity contribution in [3.8, 4) is 5.75 Å². The van der Waals surface area contributed by atoms with Crippen molar-refractivity contribution < 1.29 is 14.3 Å². The van der Waals surface area contributed by atoms with Crippen LogP contribution >= 0.6 is 0 Å². The number of para-hydroxylation sites is 1. The van der Waals surface area contributed by atoms with Crippen molar-refractivity contribution in [1.29, 1.82) is 0 Å². The van der Waals surface area contributed by atoms with Gasteiger partial charge in [-0.2, -0.15) is 0 Å². The summed E-state index contributed by atoms with van der Waals surface area (Å²) in [7, 11) is 1.59. The molecule has 2 rings (SSSR count). The predicted molar refractivity (Wildman–Crippen MR) is 97.2 cm³/mol. The molecule has 0 atom stereocenters. The molecule has 0 aliphatic heterocycles. The fourth-order valence-electron chi connectivity index (χ4n) is 2.48. The highest BCUT2D eigenvalue weighted by Gasteiger charge is 2.10. The second kappa shape index (κ2) is 10.1. The number of hydrogen-bond donors (Lipinski definition) is 2.